The summed E-state index contributed by atoms with van der Waals surface area (Å²) >= 11 is 0. The Kier molecular flexibility index (Phi) is 7.01. The molecule has 0 spiro atoms. The van der Waals surface area contributed by atoms with Gasteiger partial charge in [0.25, 0.3) is 0 Å². The zero-order chi connectivity index (χ0) is 13.6. The topological polar surface area (TPSA) is 46.2 Å². The third-order valence-electron chi connectivity index (χ3n) is 2.31. The molecular weight excluding hydrogens is 300 g/mol. The highest BCUT2D eigenvalue weighted by Gasteiger charge is 2.40. The van der Waals surface area contributed by atoms with Gasteiger partial charge >= 0.3 is 36.4 Å². The summed E-state index contributed by atoms with van der Waals surface area (Å²) in [5.41, 5.74) is 0. The molecule has 18 heavy (non-hydrogen) atoms. The van der Waals surface area contributed by atoms with Gasteiger partial charge in [0.15, 0.2) is 0 Å². The SMILES string of the molecule is C=COCCC[Si]1(C)O[Si](C)O[Si](C)O[Si](C)O1. The standard InChI is InChI=1S/C9H21O5Si4/c1-6-10-8-7-9-18(5)13-16(3)11-15(2)12-17(4)14-18/h6H,1,7-9H2,2-5H3. The Morgan fingerprint density at radius 3 is 2.17 bits per heavy atom. The second-order valence-corrected chi connectivity index (χ2v) is 13.1. The van der Waals surface area contributed by atoms with Gasteiger partial charge in [-0.05, 0) is 38.7 Å². The van der Waals surface area contributed by atoms with Crippen molar-refractivity contribution in [2.45, 2.75) is 38.7 Å². The molecule has 1 rings (SSSR count). The fraction of sp³-hybridized carbons (Fsp3) is 0.778. The molecule has 0 aromatic rings. The van der Waals surface area contributed by atoms with Gasteiger partial charge in [-0.1, -0.05) is 6.58 Å². The van der Waals surface area contributed by atoms with Crippen LogP contribution >= 0.6 is 0 Å². The molecule has 1 aliphatic heterocycles. The summed E-state index contributed by atoms with van der Waals surface area (Å²) in [6.07, 6.45) is 2.37. The van der Waals surface area contributed by atoms with Gasteiger partial charge in [-0.25, -0.2) is 0 Å². The highest BCUT2D eigenvalue weighted by atomic mass is 28.5. The van der Waals surface area contributed by atoms with Gasteiger partial charge < -0.3 is 21.2 Å². The van der Waals surface area contributed by atoms with Gasteiger partial charge in [-0.3, -0.25) is 0 Å². The van der Waals surface area contributed by atoms with Crippen LogP contribution in [0, 0.1) is 0 Å². The molecule has 1 aliphatic rings. The lowest BCUT2D eigenvalue weighted by molar-refractivity contribution is 0.239. The Bertz CT molecular complexity index is 253. The molecule has 0 atom stereocenters. The molecule has 0 aliphatic carbocycles. The summed E-state index contributed by atoms with van der Waals surface area (Å²) in [5, 5.41) is 0. The van der Waals surface area contributed by atoms with Crippen molar-refractivity contribution in [3.63, 3.8) is 0 Å². The minimum absolute atomic E-state index is 0.654. The van der Waals surface area contributed by atoms with E-state index in [0.717, 1.165) is 12.5 Å². The molecule has 1 heterocycles. The zero-order valence-electron chi connectivity index (χ0n) is 11.4. The minimum Gasteiger partial charge on any atom is -0.502 e. The summed E-state index contributed by atoms with van der Waals surface area (Å²) in [7, 11) is -5.90. The number of ether oxygens (including phenoxy) is 1. The Morgan fingerprint density at radius 2 is 1.67 bits per heavy atom. The maximum Gasteiger partial charge on any atom is 0.362 e. The fourth-order valence-electron chi connectivity index (χ4n) is 1.76. The maximum atomic E-state index is 6.09. The van der Waals surface area contributed by atoms with E-state index in [-0.39, 0.29) is 0 Å². The van der Waals surface area contributed by atoms with Crippen molar-refractivity contribution < 1.29 is 21.2 Å². The molecule has 0 bridgehead atoms. The molecule has 9 heteroatoms. The third kappa shape index (κ3) is 5.93. The highest BCUT2D eigenvalue weighted by Crippen LogP contribution is 2.21. The van der Waals surface area contributed by atoms with Gasteiger partial charge in [0.2, 0.25) is 0 Å². The first-order valence-corrected chi connectivity index (χ1v) is 13.9. The molecule has 5 nitrogen and oxygen atoms in total. The van der Waals surface area contributed by atoms with Crippen LogP contribution < -0.4 is 0 Å². The van der Waals surface area contributed by atoms with Crippen LogP contribution in [0.15, 0.2) is 12.8 Å². The van der Waals surface area contributed by atoms with Crippen LogP contribution in [-0.2, 0) is 21.2 Å². The van der Waals surface area contributed by atoms with E-state index in [9.17, 15) is 0 Å². The molecular formula is C9H21O5Si4. The van der Waals surface area contributed by atoms with Gasteiger partial charge in [-0.15, -0.1) is 0 Å². The Morgan fingerprint density at radius 1 is 1.11 bits per heavy atom. The second kappa shape index (κ2) is 7.74. The predicted molar refractivity (Wildman–Crippen MR) is 76.4 cm³/mol. The van der Waals surface area contributed by atoms with Crippen LogP contribution in [0.25, 0.3) is 0 Å². The third-order valence-corrected chi connectivity index (χ3v) is 13.9. The number of hydrogen-bond acceptors (Lipinski definition) is 5. The largest absolute Gasteiger partial charge is 0.502 e. The molecule has 0 saturated carbocycles. The lowest BCUT2D eigenvalue weighted by Gasteiger charge is -2.35. The first-order chi connectivity index (χ1) is 8.45. The normalized spacial score (nSPS) is 23.3. The first-order valence-electron chi connectivity index (χ1n) is 5.92. The summed E-state index contributed by atoms with van der Waals surface area (Å²) in [5.74, 6) is 0. The van der Waals surface area contributed by atoms with Crippen molar-refractivity contribution in [3.05, 3.63) is 12.8 Å². The van der Waals surface area contributed by atoms with Crippen molar-refractivity contribution >= 4 is 36.4 Å². The summed E-state index contributed by atoms with van der Waals surface area (Å²) in [6.45, 7) is 12.3. The van der Waals surface area contributed by atoms with Crippen molar-refractivity contribution in [1.29, 1.82) is 0 Å². The number of hydrogen-bond donors (Lipinski definition) is 0. The Balaban J connectivity index is 2.51. The van der Waals surface area contributed by atoms with Crippen molar-refractivity contribution in [3.8, 4) is 0 Å². The van der Waals surface area contributed by atoms with Crippen LogP contribution in [0.2, 0.25) is 32.2 Å². The molecule has 0 unspecified atom stereocenters. The summed E-state index contributed by atoms with van der Waals surface area (Å²) < 4.78 is 28.9. The van der Waals surface area contributed by atoms with Crippen LogP contribution in [-0.4, -0.2) is 43.0 Å². The molecule has 0 aromatic heterocycles. The average molecular weight is 322 g/mol. The van der Waals surface area contributed by atoms with Crippen LogP contribution in [0.1, 0.15) is 6.42 Å². The summed E-state index contributed by atoms with van der Waals surface area (Å²) in [6, 6.07) is 0.892. The molecule has 1 saturated heterocycles. The molecule has 0 N–H and O–H groups in total. The summed E-state index contributed by atoms with van der Waals surface area (Å²) in [4.78, 5) is 0. The molecule has 0 amide bonds. The zero-order valence-corrected chi connectivity index (χ0v) is 15.4. The quantitative estimate of drug-likeness (QED) is 0.440. The Labute approximate surface area is 116 Å². The molecule has 3 radical (unpaired) electrons. The molecule has 103 valence electrons. The van der Waals surface area contributed by atoms with Crippen molar-refractivity contribution in [1.82, 2.24) is 0 Å². The van der Waals surface area contributed by atoms with Gasteiger partial charge in [0, 0.05) is 0 Å². The van der Waals surface area contributed by atoms with Crippen LogP contribution in [0.3, 0.4) is 0 Å². The number of rotatable bonds is 5. The van der Waals surface area contributed by atoms with E-state index >= 15 is 0 Å². The van der Waals surface area contributed by atoms with E-state index in [1.54, 1.807) is 0 Å². The minimum atomic E-state index is -2.18. The van der Waals surface area contributed by atoms with E-state index in [0.29, 0.717) is 6.61 Å². The monoisotopic (exact) mass is 321 g/mol. The lowest BCUT2D eigenvalue weighted by Crippen LogP contribution is -2.53. The van der Waals surface area contributed by atoms with E-state index < -0.39 is 36.4 Å². The fourth-order valence-corrected chi connectivity index (χ4v) is 13.6. The smallest absolute Gasteiger partial charge is 0.362 e. The van der Waals surface area contributed by atoms with Crippen LogP contribution in [0.4, 0.5) is 0 Å². The van der Waals surface area contributed by atoms with Crippen molar-refractivity contribution in [2.24, 2.45) is 0 Å². The lowest BCUT2D eigenvalue weighted by atomic mass is 10.5. The molecule has 0 aromatic carbocycles. The average Bonchev–Trinajstić information content (AvgIpc) is 2.21. The van der Waals surface area contributed by atoms with E-state index in [1.807, 2.05) is 19.6 Å². The Hall–Kier alpha value is 0.248. The predicted octanol–water partition coefficient (Wildman–Crippen LogP) is 2.04. The first kappa shape index (κ1) is 16.3. The van der Waals surface area contributed by atoms with Crippen molar-refractivity contribution in [2.75, 3.05) is 6.61 Å². The van der Waals surface area contributed by atoms with Gasteiger partial charge in [-0.2, -0.15) is 0 Å². The molecule has 1 fully saturated rings. The van der Waals surface area contributed by atoms with Crippen LogP contribution in [0.5, 0.6) is 0 Å². The van der Waals surface area contributed by atoms with E-state index in [1.165, 1.54) is 6.26 Å². The van der Waals surface area contributed by atoms with Gasteiger partial charge in [0.1, 0.15) is 0 Å². The second-order valence-electron chi connectivity index (χ2n) is 4.16. The highest BCUT2D eigenvalue weighted by molar-refractivity contribution is 6.81. The van der Waals surface area contributed by atoms with E-state index in [2.05, 4.69) is 13.1 Å². The van der Waals surface area contributed by atoms with E-state index in [4.69, 9.17) is 21.2 Å². The van der Waals surface area contributed by atoms with Gasteiger partial charge in [0.05, 0.1) is 12.9 Å². The maximum absolute atomic E-state index is 6.09.